The van der Waals surface area contributed by atoms with Crippen LogP contribution in [0.5, 0.6) is 5.75 Å². The Morgan fingerprint density at radius 1 is 1.14 bits per heavy atom. The van der Waals surface area contributed by atoms with Crippen LogP contribution in [-0.4, -0.2) is 23.5 Å². The summed E-state index contributed by atoms with van der Waals surface area (Å²) in [5, 5.41) is 2.67. The standard InChI is InChI=1S/C21H19BrN2O3S/c1-3-13-5-8-15(9-6-13)24-20(26)16(19(25)23-21(24)28)11-14-7-10-18(27-4-2)17(22)12-14/h5-12H,3-4H2,1-2H3,(H,23,25,28)/b16-11+. The first-order valence-electron chi connectivity index (χ1n) is 8.87. The van der Waals surface area contributed by atoms with E-state index in [9.17, 15) is 9.59 Å². The van der Waals surface area contributed by atoms with Crippen molar-refractivity contribution in [3.63, 3.8) is 0 Å². The van der Waals surface area contributed by atoms with Gasteiger partial charge in [-0.2, -0.15) is 0 Å². The van der Waals surface area contributed by atoms with Crippen LogP contribution in [0.4, 0.5) is 5.69 Å². The highest BCUT2D eigenvalue weighted by Gasteiger charge is 2.34. The lowest BCUT2D eigenvalue weighted by molar-refractivity contribution is -0.122. The van der Waals surface area contributed by atoms with E-state index in [-0.39, 0.29) is 10.7 Å². The normalized spacial score (nSPS) is 15.8. The Hall–Kier alpha value is -2.51. The lowest BCUT2D eigenvalue weighted by atomic mass is 10.1. The van der Waals surface area contributed by atoms with Gasteiger partial charge in [0, 0.05) is 0 Å². The van der Waals surface area contributed by atoms with Crippen molar-refractivity contribution in [2.75, 3.05) is 11.5 Å². The number of carbonyl (C=O) groups is 2. The maximum absolute atomic E-state index is 13.0. The first kappa shape index (κ1) is 20.2. The molecule has 28 heavy (non-hydrogen) atoms. The minimum Gasteiger partial charge on any atom is -0.493 e. The molecular weight excluding hydrogens is 440 g/mol. The molecule has 0 saturated carbocycles. The summed E-state index contributed by atoms with van der Waals surface area (Å²) in [7, 11) is 0. The van der Waals surface area contributed by atoms with Crippen molar-refractivity contribution in [1.82, 2.24) is 5.32 Å². The molecule has 144 valence electrons. The summed E-state index contributed by atoms with van der Waals surface area (Å²) < 4.78 is 6.24. The molecule has 0 bridgehead atoms. The Balaban J connectivity index is 1.95. The number of halogens is 1. The van der Waals surface area contributed by atoms with Crippen LogP contribution in [0.15, 0.2) is 52.5 Å². The number of nitrogens with one attached hydrogen (secondary N) is 1. The van der Waals surface area contributed by atoms with E-state index in [2.05, 4.69) is 28.2 Å². The molecule has 0 unspecified atom stereocenters. The van der Waals surface area contributed by atoms with E-state index in [1.807, 2.05) is 31.2 Å². The number of hydrogen-bond donors (Lipinski definition) is 1. The highest BCUT2D eigenvalue weighted by Crippen LogP contribution is 2.28. The molecule has 2 aromatic carbocycles. The van der Waals surface area contributed by atoms with E-state index in [1.54, 1.807) is 24.3 Å². The maximum Gasteiger partial charge on any atom is 0.270 e. The average Bonchev–Trinajstić information content (AvgIpc) is 2.67. The quantitative estimate of drug-likeness (QED) is 0.413. The fourth-order valence-corrected chi connectivity index (χ4v) is 3.61. The number of hydrogen-bond acceptors (Lipinski definition) is 4. The molecule has 0 spiro atoms. The number of amides is 2. The number of thiocarbonyl (C=S) groups is 1. The third-order valence-electron chi connectivity index (χ3n) is 4.27. The number of aryl methyl sites for hydroxylation is 1. The van der Waals surface area contributed by atoms with Gasteiger partial charge in [-0.25, -0.2) is 0 Å². The zero-order valence-corrected chi connectivity index (χ0v) is 17.9. The zero-order chi connectivity index (χ0) is 20.3. The van der Waals surface area contributed by atoms with Crippen molar-refractivity contribution in [3.05, 3.63) is 63.6 Å². The summed E-state index contributed by atoms with van der Waals surface area (Å²) in [4.78, 5) is 26.8. The summed E-state index contributed by atoms with van der Waals surface area (Å²) in [6.07, 6.45) is 2.44. The van der Waals surface area contributed by atoms with Crippen molar-refractivity contribution < 1.29 is 14.3 Å². The maximum atomic E-state index is 13.0. The highest BCUT2D eigenvalue weighted by atomic mass is 79.9. The van der Waals surface area contributed by atoms with Gasteiger partial charge < -0.3 is 4.74 Å². The van der Waals surface area contributed by atoms with Crippen LogP contribution in [0.25, 0.3) is 6.08 Å². The molecule has 2 aromatic rings. The zero-order valence-electron chi connectivity index (χ0n) is 15.5. The summed E-state index contributed by atoms with van der Waals surface area (Å²) in [6.45, 7) is 4.50. The molecule has 1 aliphatic heterocycles. The smallest absolute Gasteiger partial charge is 0.270 e. The third-order valence-corrected chi connectivity index (χ3v) is 5.18. The molecule has 2 amide bonds. The number of nitrogens with zero attached hydrogens (tertiary/aromatic N) is 1. The van der Waals surface area contributed by atoms with Gasteiger partial charge in [-0.15, -0.1) is 0 Å². The molecule has 3 rings (SSSR count). The molecule has 0 aliphatic carbocycles. The van der Waals surface area contributed by atoms with E-state index >= 15 is 0 Å². The van der Waals surface area contributed by atoms with Crippen LogP contribution in [0.2, 0.25) is 0 Å². The Morgan fingerprint density at radius 2 is 1.86 bits per heavy atom. The van der Waals surface area contributed by atoms with Crippen LogP contribution in [0, 0.1) is 0 Å². The minimum atomic E-state index is -0.513. The molecule has 1 aliphatic rings. The molecular formula is C21H19BrN2O3S. The topological polar surface area (TPSA) is 58.6 Å². The van der Waals surface area contributed by atoms with E-state index in [4.69, 9.17) is 17.0 Å². The number of anilines is 1. The summed E-state index contributed by atoms with van der Waals surface area (Å²) in [5.41, 5.74) is 2.48. The Labute approximate surface area is 177 Å². The van der Waals surface area contributed by atoms with E-state index in [1.165, 1.54) is 4.90 Å². The largest absolute Gasteiger partial charge is 0.493 e. The van der Waals surface area contributed by atoms with Crippen molar-refractivity contribution >= 4 is 56.8 Å². The van der Waals surface area contributed by atoms with E-state index in [0.29, 0.717) is 23.6 Å². The fourth-order valence-electron chi connectivity index (χ4n) is 2.82. The fraction of sp³-hybridized carbons (Fsp3) is 0.190. The first-order chi connectivity index (χ1) is 13.4. The molecule has 0 radical (unpaired) electrons. The summed E-state index contributed by atoms with van der Waals surface area (Å²) >= 11 is 8.67. The molecule has 5 nitrogen and oxygen atoms in total. The van der Waals surface area contributed by atoms with Crippen LogP contribution in [0.1, 0.15) is 25.0 Å². The molecule has 1 heterocycles. The van der Waals surface area contributed by atoms with Crippen molar-refractivity contribution in [3.8, 4) is 5.75 Å². The van der Waals surface area contributed by atoms with E-state index < -0.39 is 11.8 Å². The van der Waals surface area contributed by atoms with Crippen molar-refractivity contribution in [2.45, 2.75) is 20.3 Å². The molecule has 1 N–H and O–H groups in total. The van der Waals surface area contributed by atoms with Gasteiger partial charge in [0.25, 0.3) is 11.8 Å². The van der Waals surface area contributed by atoms with Crippen molar-refractivity contribution in [1.29, 1.82) is 0 Å². The predicted octanol–water partition coefficient (Wildman–Crippen LogP) is 4.24. The molecule has 1 saturated heterocycles. The second-order valence-corrected chi connectivity index (χ2v) is 7.34. The van der Waals surface area contributed by atoms with Crippen LogP contribution < -0.4 is 15.0 Å². The molecule has 0 aromatic heterocycles. The number of carbonyl (C=O) groups excluding carboxylic acids is 2. The van der Waals surface area contributed by atoms with Gasteiger partial charge in [0.2, 0.25) is 0 Å². The average molecular weight is 459 g/mol. The van der Waals surface area contributed by atoms with Gasteiger partial charge in [-0.1, -0.05) is 25.1 Å². The SMILES string of the molecule is CCOc1ccc(/C=C2\C(=O)NC(=S)N(c3ccc(CC)cc3)C2=O)cc1Br. The van der Waals surface area contributed by atoms with Gasteiger partial charge in [-0.05, 0) is 83.0 Å². The lowest BCUT2D eigenvalue weighted by Gasteiger charge is -2.29. The monoisotopic (exact) mass is 458 g/mol. The number of ether oxygens (including phenoxy) is 1. The highest BCUT2D eigenvalue weighted by molar-refractivity contribution is 9.10. The van der Waals surface area contributed by atoms with Gasteiger partial charge in [0.15, 0.2) is 5.11 Å². The Bertz CT molecular complexity index is 970. The van der Waals surface area contributed by atoms with Gasteiger partial charge in [0.05, 0.1) is 16.8 Å². The number of benzene rings is 2. The number of rotatable bonds is 5. The van der Waals surface area contributed by atoms with Crippen LogP contribution >= 0.6 is 28.1 Å². The summed E-state index contributed by atoms with van der Waals surface area (Å²) in [5.74, 6) is -0.271. The van der Waals surface area contributed by atoms with Crippen LogP contribution in [-0.2, 0) is 16.0 Å². The lowest BCUT2D eigenvalue weighted by Crippen LogP contribution is -2.54. The van der Waals surface area contributed by atoms with Gasteiger partial charge in [0.1, 0.15) is 11.3 Å². The van der Waals surface area contributed by atoms with Gasteiger partial charge in [-0.3, -0.25) is 19.8 Å². The Kier molecular flexibility index (Phi) is 6.26. The molecule has 1 fully saturated rings. The first-order valence-corrected chi connectivity index (χ1v) is 10.1. The predicted molar refractivity (Wildman–Crippen MR) is 117 cm³/mol. The molecule has 0 atom stereocenters. The third kappa shape index (κ3) is 4.15. The van der Waals surface area contributed by atoms with Crippen molar-refractivity contribution in [2.24, 2.45) is 0 Å². The van der Waals surface area contributed by atoms with Gasteiger partial charge >= 0.3 is 0 Å². The minimum absolute atomic E-state index is 0.0178. The second kappa shape index (κ2) is 8.67. The molecule has 7 heteroatoms. The van der Waals surface area contributed by atoms with Crippen LogP contribution in [0.3, 0.4) is 0 Å². The summed E-state index contributed by atoms with van der Waals surface area (Å²) in [6, 6.07) is 12.9. The van der Waals surface area contributed by atoms with E-state index in [0.717, 1.165) is 16.5 Å². The Morgan fingerprint density at radius 3 is 2.46 bits per heavy atom. The second-order valence-electron chi connectivity index (χ2n) is 6.10.